The molecule has 0 aliphatic heterocycles. The molecule has 0 N–H and O–H groups in total. The molecule has 0 aliphatic rings. The van der Waals surface area contributed by atoms with Gasteiger partial charge in [0.25, 0.3) is 0 Å². The van der Waals surface area contributed by atoms with Gasteiger partial charge in [-0.3, -0.25) is 0 Å². The topological polar surface area (TPSA) is 0 Å². The van der Waals surface area contributed by atoms with Crippen molar-refractivity contribution in [3.8, 4) is 0 Å². The normalized spacial score (nSPS) is 13.0. The highest BCUT2D eigenvalue weighted by Crippen LogP contribution is 2.20. The molecule has 0 aromatic carbocycles. The van der Waals surface area contributed by atoms with Crippen LogP contribution >= 0.6 is 0 Å². The van der Waals surface area contributed by atoms with Crippen LogP contribution in [-0.2, 0) is 0 Å². The van der Waals surface area contributed by atoms with Crippen molar-refractivity contribution in [1.82, 2.24) is 0 Å². The summed E-state index contributed by atoms with van der Waals surface area (Å²) in [5, 5.41) is 0. The molecule has 0 nitrogen and oxygen atoms in total. The number of hydrogen-bond acceptors (Lipinski definition) is 0. The number of hydrogen-bond donors (Lipinski definition) is 0. The summed E-state index contributed by atoms with van der Waals surface area (Å²) < 4.78 is 0. The Bertz CT molecular complexity index is 216. The fourth-order valence-corrected chi connectivity index (χ4v) is 3.20. The van der Waals surface area contributed by atoms with Crippen molar-refractivity contribution in [3.05, 3.63) is 12.2 Å². The summed E-state index contributed by atoms with van der Waals surface area (Å²) in [6, 6.07) is 0. The van der Waals surface area contributed by atoms with Gasteiger partial charge in [0.2, 0.25) is 0 Å². The first-order chi connectivity index (χ1) is 10.8. The molecule has 0 bridgehead atoms. The molecule has 0 amide bonds. The molecule has 0 aromatic rings. The first kappa shape index (κ1) is 21.7. The lowest BCUT2D eigenvalue weighted by Gasteiger charge is -2.13. The Hall–Kier alpha value is -0.260. The van der Waals surface area contributed by atoms with E-state index in [0.29, 0.717) is 0 Å². The van der Waals surface area contributed by atoms with Crippen molar-refractivity contribution in [2.45, 2.75) is 124 Å². The van der Waals surface area contributed by atoms with Crippen molar-refractivity contribution in [2.24, 2.45) is 5.92 Å². The molecular formula is C22H44. The van der Waals surface area contributed by atoms with Crippen LogP contribution in [0.2, 0.25) is 0 Å². The minimum absolute atomic E-state index is 0.973. The zero-order valence-electron chi connectivity index (χ0n) is 16.0. The second-order valence-electron chi connectivity index (χ2n) is 7.08. The van der Waals surface area contributed by atoms with E-state index in [0.717, 1.165) is 5.92 Å². The van der Waals surface area contributed by atoms with E-state index in [1.807, 2.05) is 0 Å². The second-order valence-corrected chi connectivity index (χ2v) is 7.08. The maximum absolute atomic E-state index is 2.44. The van der Waals surface area contributed by atoms with Gasteiger partial charge in [-0.25, -0.2) is 0 Å². The van der Waals surface area contributed by atoms with Crippen LogP contribution in [0.3, 0.4) is 0 Å². The van der Waals surface area contributed by atoms with Gasteiger partial charge in [-0.05, 0) is 31.6 Å². The molecule has 0 spiro atoms. The van der Waals surface area contributed by atoms with E-state index >= 15 is 0 Å². The van der Waals surface area contributed by atoms with Gasteiger partial charge in [-0.2, -0.15) is 0 Å². The Morgan fingerprint density at radius 2 is 1.09 bits per heavy atom. The van der Waals surface area contributed by atoms with E-state index in [9.17, 15) is 0 Å². The third-order valence-electron chi connectivity index (χ3n) is 4.93. The standard InChI is InChI=1S/C22H44/c1-4-7-9-11-13-15-17-19-21-22(6-3)20-18-16-14-12-10-8-5-2/h15,17,22H,4-14,16,18-21H2,1-3H3. The molecule has 0 heterocycles. The largest absolute Gasteiger partial charge is 0.0885 e. The SMILES string of the molecule is CCCCCCC=CCCC(CC)CCCCCCCCC. The molecule has 132 valence electrons. The second kappa shape index (κ2) is 18.8. The molecule has 0 fully saturated rings. The first-order valence-corrected chi connectivity index (χ1v) is 10.5. The molecule has 0 saturated heterocycles. The minimum Gasteiger partial charge on any atom is -0.0885 e. The van der Waals surface area contributed by atoms with E-state index in [1.54, 1.807) is 0 Å². The van der Waals surface area contributed by atoms with Gasteiger partial charge in [0.1, 0.15) is 0 Å². The van der Waals surface area contributed by atoms with E-state index in [1.165, 1.54) is 103 Å². The van der Waals surface area contributed by atoms with E-state index < -0.39 is 0 Å². The Morgan fingerprint density at radius 1 is 0.545 bits per heavy atom. The number of rotatable bonds is 17. The third-order valence-corrected chi connectivity index (χ3v) is 4.93. The Balaban J connectivity index is 3.40. The van der Waals surface area contributed by atoms with Crippen LogP contribution in [0.15, 0.2) is 12.2 Å². The summed E-state index contributed by atoms with van der Waals surface area (Å²) in [4.78, 5) is 0. The molecule has 1 atom stereocenters. The molecule has 0 aliphatic carbocycles. The maximum atomic E-state index is 2.44. The highest BCUT2D eigenvalue weighted by molar-refractivity contribution is 4.82. The molecule has 0 saturated carbocycles. The summed E-state index contributed by atoms with van der Waals surface area (Å²) in [5.74, 6) is 0.973. The highest BCUT2D eigenvalue weighted by Gasteiger charge is 2.04. The molecule has 22 heavy (non-hydrogen) atoms. The van der Waals surface area contributed by atoms with Crippen molar-refractivity contribution in [2.75, 3.05) is 0 Å². The van der Waals surface area contributed by atoms with Gasteiger partial charge in [0, 0.05) is 0 Å². The van der Waals surface area contributed by atoms with Gasteiger partial charge >= 0.3 is 0 Å². The predicted molar refractivity (Wildman–Crippen MR) is 104 cm³/mol. The first-order valence-electron chi connectivity index (χ1n) is 10.5. The molecule has 0 radical (unpaired) electrons. The van der Waals surface area contributed by atoms with Crippen molar-refractivity contribution >= 4 is 0 Å². The van der Waals surface area contributed by atoms with Crippen LogP contribution in [0.1, 0.15) is 124 Å². The summed E-state index contributed by atoms with van der Waals surface area (Å²) in [6.45, 7) is 6.96. The number of unbranched alkanes of at least 4 members (excludes halogenated alkanes) is 10. The van der Waals surface area contributed by atoms with Crippen LogP contribution in [0, 0.1) is 5.92 Å². The van der Waals surface area contributed by atoms with Crippen LogP contribution in [0.4, 0.5) is 0 Å². The maximum Gasteiger partial charge on any atom is -0.0348 e. The summed E-state index contributed by atoms with van der Waals surface area (Å²) in [7, 11) is 0. The Morgan fingerprint density at radius 3 is 1.73 bits per heavy atom. The van der Waals surface area contributed by atoms with Crippen LogP contribution in [0.5, 0.6) is 0 Å². The minimum atomic E-state index is 0.973. The van der Waals surface area contributed by atoms with Crippen molar-refractivity contribution in [3.63, 3.8) is 0 Å². The zero-order chi connectivity index (χ0) is 16.3. The lowest BCUT2D eigenvalue weighted by Crippen LogP contribution is -1.98. The lowest BCUT2D eigenvalue weighted by atomic mass is 9.93. The van der Waals surface area contributed by atoms with E-state index in [4.69, 9.17) is 0 Å². The Kier molecular flexibility index (Phi) is 18.6. The van der Waals surface area contributed by atoms with Crippen LogP contribution in [-0.4, -0.2) is 0 Å². The smallest absolute Gasteiger partial charge is 0.0348 e. The van der Waals surface area contributed by atoms with Crippen LogP contribution in [0.25, 0.3) is 0 Å². The lowest BCUT2D eigenvalue weighted by molar-refractivity contribution is 0.414. The van der Waals surface area contributed by atoms with Gasteiger partial charge in [0.05, 0.1) is 0 Å². The average molecular weight is 309 g/mol. The monoisotopic (exact) mass is 308 g/mol. The quantitative estimate of drug-likeness (QED) is 0.187. The van der Waals surface area contributed by atoms with Gasteiger partial charge < -0.3 is 0 Å². The zero-order valence-corrected chi connectivity index (χ0v) is 16.0. The molecular weight excluding hydrogens is 264 g/mol. The fraction of sp³-hybridized carbons (Fsp3) is 0.909. The van der Waals surface area contributed by atoms with E-state index in [2.05, 4.69) is 32.9 Å². The molecule has 1 unspecified atom stereocenters. The number of allylic oxidation sites excluding steroid dienone is 2. The predicted octanol–water partition coefficient (Wildman–Crippen LogP) is 8.46. The summed E-state index contributed by atoms with van der Waals surface area (Å²) >= 11 is 0. The summed E-state index contributed by atoms with van der Waals surface area (Å²) in [5.41, 5.74) is 0. The van der Waals surface area contributed by atoms with Crippen molar-refractivity contribution < 1.29 is 0 Å². The average Bonchev–Trinajstić information content (AvgIpc) is 2.54. The summed E-state index contributed by atoms with van der Waals surface area (Å²) in [6.07, 6.45) is 27.4. The van der Waals surface area contributed by atoms with Crippen LogP contribution < -0.4 is 0 Å². The molecule has 0 aromatic heterocycles. The third kappa shape index (κ3) is 16.1. The van der Waals surface area contributed by atoms with Crippen molar-refractivity contribution in [1.29, 1.82) is 0 Å². The van der Waals surface area contributed by atoms with Gasteiger partial charge in [0.15, 0.2) is 0 Å². The van der Waals surface area contributed by atoms with Gasteiger partial charge in [-0.15, -0.1) is 0 Å². The molecule has 0 heteroatoms. The molecule has 0 rings (SSSR count). The van der Waals surface area contributed by atoms with E-state index in [-0.39, 0.29) is 0 Å². The Labute approximate surface area is 142 Å². The van der Waals surface area contributed by atoms with Gasteiger partial charge in [-0.1, -0.05) is 110 Å². The fourth-order valence-electron chi connectivity index (χ4n) is 3.20. The highest BCUT2D eigenvalue weighted by atomic mass is 14.1.